The lowest BCUT2D eigenvalue weighted by Crippen LogP contribution is -2.42. The third-order valence-electron chi connectivity index (χ3n) is 2.07. The zero-order chi connectivity index (χ0) is 13.6. The van der Waals surface area contributed by atoms with Crippen LogP contribution in [0.2, 0.25) is 0 Å². The summed E-state index contributed by atoms with van der Waals surface area (Å²) in [6.45, 7) is 8.66. The van der Waals surface area contributed by atoms with E-state index in [1.54, 1.807) is 0 Å². The molecule has 0 bridgehead atoms. The van der Waals surface area contributed by atoms with Crippen molar-refractivity contribution in [3.05, 3.63) is 0 Å². The Bertz CT molecular complexity index is 337. The van der Waals surface area contributed by atoms with Crippen LogP contribution in [0, 0.1) is 11.8 Å². The lowest BCUT2D eigenvalue weighted by atomic mass is 10.2. The van der Waals surface area contributed by atoms with E-state index in [9.17, 15) is 13.2 Å². The van der Waals surface area contributed by atoms with E-state index in [4.69, 9.17) is 0 Å². The Morgan fingerprint density at radius 3 is 2.06 bits per heavy atom. The smallest absolute Gasteiger partial charge is 0.235 e. The normalized spacial score (nSPS) is 12.5. The first-order valence-corrected chi connectivity index (χ1v) is 7.69. The van der Waals surface area contributed by atoms with Crippen molar-refractivity contribution < 1.29 is 13.2 Å². The van der Waals surface area contributed by atoms with Gasteiger partial charge in [0.05, 0.1) is 12.8 Å². The standard InChI is InChI=1S/C11H24N2O3S/c1-9(2)6-12-11(14)8-13(7-10(3)4)17(5,15)16/h9-10H,6-8H2,1-5H3,(H,12,14). The summed E-state index contributed by atoms with van der Waals surface area (Å²) in [5.74, 6) is 0.308. The van der Waals surface area contributed by atoms with Crippen LogP contribution in [-0.2, 0) is 14.8 Å². The van der Waals surface area contributed by atoms with Crippen LogP contribution in [0.4, 0.5) is 0 Å². The average Bonchev–Trinajstić information content (AvgIpc) is 2.11. The predicted molar refractivity (Wildman–Crippen MR) is 69.1 cm³/mol. The molecule has 17 heavy (non-hydrogen) atoms. The summed E-state index contributed by atoms with van der Waals surface area (Å²) in [6, 6.07) is 0. The monoisotopic (exact) mass is 264 g/mol. The molecule has 0 spiro atoms. The molecule has 0 aliphatic rings. The third kappa shape index (κ3) is 8.15. The van der Waals surface area contributed by atoms with E-state index in [2.05, 4.69) is 5.32 Å². The number of amides is 1. The van der Waals surface area contributed by atoms with Crippen molar-refractivity contribution in [2.24, 2.45) is 11.8 Å². The molecule has 0 saturated heterocycles. The van der Waals surface area contributed by atoms with Crippen molar-refractivity contribution in [3.8, 4) is 0 Å². The summed E-state index contributed by atoms with van der Waals surface area (Å²) in [6.07, 6.45) is 1.13. The van der Waals surface area contributed by atoms with E-state index in [0.29, 0.717) is 19.0 Å². The van der Waals surface area contributed by atoms with Gasteiger partial charge in [-0.1, -0.05) is 27.7 Å². The van der Waals surface area contributed by atoms with Crippen LogP contribution >= 0.6 is 0 Å². The number of sulfonamides is 1. The highest BCUT2D eigenvalue weighted by molar-refractivity contribution is 7.88. The molecule has 5 nitrogen and oxygen atoms in total. The largest absolute Gasteiger partial charge is 0.355 e. The molecule has 0 aromatic carbocycles. The van der Waals surface area contributed by atoms with Crippen molar-refractivity contribution in [2.75, 3.05) is 25.9 Å². The van der Waals surface area contributed by atoms with Gasteiger partial charge in [0.25, 0.3) is 0 Å². The van der Waals surface area contributed by atoms with Gasteiger partial charge >= 0.3 is 0 Å². The van der Waals surface area contributed by atoms with Crippen molar-refractivity contribution in [2.45, 2.75) is 27.7 Å². The van der Waals surface area contributed by atoms with E-state index in [0.717, 1.165) is 6.26 Å². The minimum atomic E-state index is -3.32. The van der Waals surface area contributed by atoms with Crippen LogP contribution in [-0.4, -0.2) is 44.5 Å². The summed E-state index contributed by atoms with van der Waals surface area (Å²) in [5.41, 5.74) is 0. The van der Waals surface area contributed by atoms with Crippen molar-refractivity contribution in [3.63, 3.8) is 0 Å². The summed E-state index contributed by atoms with van der Waals surface area (Å²) in [7, 11) is -3.32. The fraction of sp³-hybridized carbons (Fsp3) is 0.909. The maximum Gasteiger partial charge on any atom is 0.235 e. The molecule has 0 radical (unpaired) electrons. The van der Waals surface area contributed by atoms with E-state index in [1.165, 1.54) is 4.31 Å². The molecule has 0 saturated carbocycles. The van der Waals surface area contributed by atoms with Crippen LogP contribution in [0.1, 0.15) is 27.7 Å². The summed E-state index contributed by atoms with van der Waals surface area (Å²) in [5, 5.41) is 2.71. The van der Waals surface area contributed by atoms with Crippen molar-refractivity contribution in [1.29, 1.82) is 0 Å². The first kappa shape index (κ1) is 16.4. The zero-order valence-corrected chi connectivity index (χ0v) is 12.2. The third-order valence-corrected chi connectivity index (χ3v) is 3.28. The second kappa shape index (κ2) is 6.96. The summed E-state index contributed by atoms with van der Waals surface area (Å²) < 4.78 is 24.2. The molecule has 0 aliphatic carbocycles. The number of nitrogens with zero attached hydrogens (tertiary/aromatic N) is 1. The molecule has 6 heteroatoms. The van der Waals surface area contributed by atoms with Gasteiger partial charge in [-0.3, -0.25) is 4.79 Å². The number of carbonyl (C=O) groups excluding carboxylic acids is 1. The highest BCUT2D eigenvalue weighted by Gasteiger charge is 2.20. The molecule has 0 heterocycles. The molecule has 0 unspecified atom stereocenters. The van der Waals surface area contributed by atoms with E-state index < -0.39 is 10.0 Å². The average molecular weight is 264 g/mol. The molecular weight excluding hydrogens is 240 g/mol. The van der Waals surface area contributed by atoms with Gasteiger partial charge in [0, 0.05) is 13.1 Å². The first-order chi connectivity index (χ1) is 7.62. The van der Waals surface area contributed by atoms with Gasteiger partial charge in [-0.05, 0) is 11.8 Å². The van der Waals surface area contributed by atoms with Gasteiger partial charge in [0.2, 0.25) is 15.9 Å². The van der Waals surface area contributed by atoms with Gasteiger partial charge in [-0.2, -0.15) is 4.31 Å². The second-order valence-electron chi connectivity index (χ2n) is 5.15. The number of hydrogen-bond donors (Lipinski definition) is 1. The number of nitrogens with one attached hydrogen (secondary N) is 1. The Hall–Kier alpha value is -0.620. The van der Waals surface area contributed by atoms with E-state index in [-0.39, 0.29) is 18.4 Å². The molecule has 0 fully saturated rings. The molecule has 0 atom stereocenters. The Kier molecular flexibility index (Phi) is 6.70. The minimum absolute atomic E-state index is 0.0935. The fourth-order valence-electron chi connectivity index (χ4n) is 1.26. The SMILES string of the molecule is CC(C)CNC(=O)CN(CC(C)C)S(C)(=O)=O. The molecule has 0 aliphatic heterocycles. The number of rotatable bonds is 7. The molecule has 1 N–H and O–H groups in total. The van der Waals surface area contributed by atoms with Gasteiger partial charge in [-0.15, -0.1) is 0 Å². The quantitative estimate of drug-likeness (QED) is 0.735. The first-order valence-electron chi connectivity index (χ1n) is 5.84. The van der Waals surface area contributed by atoms with Crippen LogP contribution in [0.25, 0.3) is 0 Å². The van der Waals surface area contributed by atoms with Crippen LogP contribution in [0.5, 0.6) is 0 Å². The van der Waals surface area contributed by atoms with Gasteiger partial charge in [0.15, 0.2) is 0 Å². The predicted octanol–water partition coefficient (Wildman–Crippen LogP) is 0.676. The Morgan fingerprint density at radius 1 is 1.18 bits per heavy atom. The van der Waals surface area contributed by atoms with Crippen LogP contribution in [0.15, 0.2) is 0 Å². The Labute approximate surface area is 105 Å². The zero-order valence-electron chi connectivity index (χ0n) is 11.4. The lowest BCUT2D eigenvalue weighted by Gasteiger charge is -2.21. The minimum Gasteiger partial charge on any atom is -0.355 e. The van der Waals surface area contributed by atoms with Crippen molar-refractivity contribution in [1.82, 2.24) is 9.62 Å². The fourth-order valence-corrected chi connectivity index (χ4v) is 2.18. The molecule has 0 aromatic heterocycles. The van der Waals surface area contributed by atoms with Crippen LogP contribution in [0.3, 0.4) is 0 Å². The Morgan fingerprint density at radius 2 is 1.71 bits per heavy atom. The molecular formula is C11H24N2O3S. The molecule has 0 rings (SSSR count). The second-order valence-corrected chi connectivity index (χ2v) is 7.13. The highest BCUT2D eigenvalue weighted by Crippen LogP contribution is 2.03. The molecule has 102 valence electrons. The molecule has 1 amide bonds. The molecule has 0 aromatic rings. The van der Waals surface area contributed by atoms with E-state index >= 15 is 0 Å². The number of carbonyl (C=O) groups is 1. The lowest BCUT2D eigenvalue weighted by molar-refractivity contribution is -0.121. The van der Waals surface area contributed by atoms with E-state index in [1.807, 2.05) is 27.7 Å². The van der Waals surface area contributed by atoms with Gasteiger partial charge < -0.3 is 5.32 Å². The summed E-state index contributed by atoms with van der Waals surface area (Å²) in [4.78, 5) is 11.6. The van der Waals surface area contributed by atoms with Gasteiger partial charge in [0.1, 0.15) is 0 Å². The number of hydrogen-bond acceptors (Lipinski definition) is 3. The van der Waals surface area contributed by atoms with Crippen molar-refractivity contribution >= 4 is 15.9 Å². The Balaban J connectivity index is 4.39. The maximum absolute atomic E-state index is 11.6. The van der Waals surface area contributed by atoms with Gasteiger partial charge in [-0.25, -0.2) is 8.42 Å². The maximum atomic E-state index is 11.6. The van der Waals surface area contributed by atoms with Crippen LogP contribution < -0.4 is 5.32 Å². The topological polar surface area (TPSA) is 66.5 Å². The highest BCUT2D eigenvalue weighted by atomic mass is 32.2. The summed E-state index contributed by atoms with van der Waals surface area (Å²) >= 11 is 0.